The molecule has 4 heteroatoms. The maximum Gasteiger partial charge on any atom is 0.100 e. The highest BCUT2D eigenvalue weighted by molar-refractivity contribution is 7.09. The van der Waals surface area contributed by atoms with Gasteiger partial charge in [-0.1, -0.05) is 0 Å². The molecule has 0 bridgehead atoms. The summed E-state index contributed by atoms with van der Waals surface area (Å²) in [4.78, 5) is 4.80. The van der Waals surface area contributed by atoms with Gasteiger partial charge in [0.1, 0.15) is 5.01 Å². The van der Waals surface area contributed by atoms with E-state index in [1.165, 1.54) is 30.0 Å². The van der Waals surface area contributed by atoms with E-state index in [2.05, 4.69) is 10.7 Å². The molecule has 15 heavy (non-hydrogen) atoms. The quantitative estimate of drug-likeness (QED) is 0.810. The van der Waals surface area contributed by atoms with Crippen molar-refractivity contribution in [2.24, 2.45) is 5.73 Å². The number of aromatic nitrogens is 1. The van der Waals surface area contributed by atoms with Gasteiger partial charge in [-0.2, -0.15) is 0 Å². The first kappa shape index (κ1) is 9.75. The average Bonchev–Trinajstić information content (AvgIpc) is 2.74. The van der Waals surface area contributed by atoms with Crippen LogP contribution in [0.25, 0.3) is 0 Å². The molecule has 2 fully saturated rings. The van der Waals surface area contributed by atoms with E-state index in [0.717, 1.165) is 19.6 Å². The maximum absolute atomic E-state index is 5.82. The summed E-state index contributed by atoms with van der Waals surface area (Å²) in [5.74, 6) is 0.642. The van der Waals surface area contributed by atoms with Crippen molar-refractivity contribution in [3.05, 3.63) is 16.1 Å². The van der Waals surface area contributed by atoms with Gasteiger partial charge in [0.05, 0.1) is 5.69 Å². The lowest BCUT2D eigenvalue weighted by molar-refractivity contribution is 0.677. The molecule has 3 nitrogen and oxygen atoms in total. The molecule has 1 aromatic rings. The lowest BCUT2D eigenvalue weighted by atomic mass is 10.1. The van der Waals surface area contributed by atoms with Crippen LogP contribution in [0.3, 0.4) is 0 Å². The molecule has 1 atom stereocenters. The molecule has 1 unspecified atom stereocenters. The highest BCUT2D eigenvalue weighted by atomic mass is 32.1. The van der Waals surface area contributed by atoms with Gasteiger partial charge in [-0.3, -0.25) is 0 Å². The van der Waals surface area contributed by atoms with Gasteiger partial charge in [-0.25, -0.2) is 4.98 Å². The van der Waals surface area contributed by atoms with Crippen LogP contribution in [0.1, 0.15) is 35.9 Å². The summed E-state index contributed by atoms with van der Waals surface area (Å²) in [5.41, 5.74) is 7.38. The van der Waals surface area contributed by atoms with Crippen LogP contribution in [0.5, 0.6) is 0 Å². The molecule has 3 N–H and O–H groups in total. The topological polar surface area (TPSA) is 50.9 Å². The Labute approximate surface area is 94.1 Å². The van der Waals surface area contributed by atoms with Crippen LogP contribution in [0.15, 0.2) is 5.38 Å². The Morgan fingerprint density at radius 2 is 2.47 bits per heavy atom. The van der Waals surface area contributed by atoms with Gasteiger partial charge in [0.2, 0.25) is 0 Å². The lowest BCUT2D eigenvalue weighted by Crippen LogP contribution is -2.19. The zero-order valence-corrected chi connectivity index (χ0v) is 9.65. The smallest absolute Gasteiger partial charge is 0.100 e. The Bertz CT molecular complexity index is 350. The molecule has 1 saturated heterocycles. The molecular formula is C11H17N3S. The molecule has 82 valence electrons. The van der Waals surface area contributed by atoms with Crippen molar-refractivity contribution in [2.45, 2.75) is 30.6 Å². The number of thiazole rings is 1. The van der Waals surface area contributed by atoms with Crippen LogP contribution >= 0.6 is 11.3 Å². The van der Waals surface area contributed by atoms with E-state index in [1.54, 1.807) is 0 Å². The van der Waals surface area contributed by atoms with Crippen molar-refractivity contribution in [1.29, 1.82) is 0 Å². The van der Waals surface area contributed by atoms with Crippen molar-refractivity contribution in [3.63, 3.8) is 0 Å². The first-order chi connectivity index (χ1) is 7.34. The van der Waals surface area contributed by atoms with Crippen LogP contribution in [0.2, 0.25) is 0 Å². The van der Waals surface area contributed by atoms with Gasteiger partial charge in [-0.15, -0.1) is 11.3 Å². The zero-order valence-electron chi connectivity index (χ0n) is 8.83. The molecule has 0 amide bonds. The van der Waals surface area contributed by atoms with E-state index < -0.39 is 0 Å². The van der Waals surface area contributed by atoms with E-state index in [-0.39, 0.29) is 5.41 Å². The van der Waals surface area contributed by atoms with Gasteiger partial charge in [0.25, 0.3) is 0 Å². The molecule has 0 radical (unpaired) electrons. The summed E-state index contributed by atoms with van der Waals surface area (Å²) in [6, 6.07) is 0. The summed E-state index contributed by atoms with van der Waals surface area (Å²) in [6.45, 7) is 3.00. The summed E-state index contributed by atoms with van der Waals surface area (Å²) >= 11 is 1.81. The van der Waals surface area contributed by atoms with Gasteiger partial charge in [0.15, 0.2) is 0 Å². The fourth-order valence-electron chi connectivity index (χ4n) is 2.28. The molecule has 2 aliphatic rings. The van der Waals surface area contributed by atoms with E-state index >= 15 is 0 Å². The summed E-state index contributed by atoms with van der Waals surface area (Å²) in [5, 5.41) is 6.91. The number of nitrogens with one attached hydrogen (secondary N) is 1. The van der Waals surface area contributed by atoms with Crippen LogP contribution in [0, 0.1) is 0 Å². The van der Waals surface area contributed by atoms with Crippen LogP contribution in [-0.4, -0.2) is 24.6 Å². The Kier molecular flexibility index (Phi) is 2.30. The van der Waals surface area contributed by atoms with E-state index in [1.807, 2.05) is 11.3 Å². The van der Waals surface area contributed by atoms with E-state index in [0.29, 0.717) is 5.92 Å². The minimum atomic E-state index is 0.273. The molecular weight excluding hydrogens is 206 g/mol. The minimum Gasteiger partial charge on any atom is -0.329 e. The Hall–Kier alpha value is -0.450. The van der Waals surface area contributed by atoms with Crippen molar-refractivity contribution < 1.29 is 0 Å². The third-order valence-corrected chi connectivity index (χ3v) is 4.81. The predicted octanol–water partition coefficient (Wildman–Crippen LogP) is 1.21. The standard InChI is InChI=1S/C11H17N3S/c12-7-11(2-3-11)10-14-9(6-15-10)8-1-4-13-5-8/h6,8,13H,1-5,7,12H2. The predicted molar refractivity (Wildman–Crippen MR) is 62.3 cm³/mol. The number of nitrogens with zero attached hydrogens (tertiary/aromatic N) is 1. The Morgan fingerprint density at radius 1 is 1.60 bits per heavy atom. The Morgan fingerprint density at radius 3 is 3.07 bits per heavy atom. The number of hydrogen-bond donors (Lipinski definition) is 2. The number of hydrogen-bond acceptors (Lipinski definition) is 4. The van der Waals surface area contributed by atoms with E-state index in [4.69, 9.17) is 10.7 Å². The molecule has 1 aliphatic carbocycles. The molecule has 1 saturated carbocycles. The first-order valence-electron chi connectivity index (χ1n) is 5.71. The van der Waals surface area contributed by atoms with Gasteiger partial charge >= 0.3 is 0 Å². The highest BCUT2D eigenvalue weighted by Gasteiger charge is 2.45. The Balaban J connectivity index is 1.81. The van der Waals surface area contributed by atoms with Gasteiger partial charge in [-0.05, 0) is 25.8 Å². The van der Waals surface area contributed by atoms with Gasteiger partial charge < -0.3 is 11.1 Å². The average molecular weight is 223 g/mol. The zero-order chi connectivity index (χ0) is 10.3. The van der Waals surface area contributed by atoms with E-state index in [9.17, 15) is 0 Å². The maximum atomic E-state index is 5.82. The fraction of sp³-hybridized carbons (Fsp3) is 0.727. The van der Waals surface area contributed by atoms with Crippen molar-refractivity contribution in [3.8, 4) is 0 Å². The second-order valence-corrected chi connectivity index (χ2v) is 5.61. The summed E-state index contributed by atoms with van der Waals surface area (Å²) in [6.07, 6.45) is 3.71. The van der Waals surface area contributed by atoms with Crippen molar-refractivity contribution in [2.75, 3.05) is 19.6 Å². The largest absolute Gasteiger partial charge is 0.329 e. The second-order valence-electron chi connectivity index (χ2n) is 4.75. The summed E-state index contributed by atoms with van der Waals surface area (Å²) < 4.78 is 0. The van der Waals surface area contributed by atoms with Crippen LogP contribution < -0.4 is 11.1 Å². The monoisotopic (exact) mass is 223 g/mol. The molecule has 0 spiro atoms. The third-order valence-electron chi connectivity index (χ3n) is 3.70. The number of nitrogens with two attached hydrogens (primary N) is 1. The van der Waals surface area contributed by atoms with Crippen molar-refractivity contribution in [1.82, 2.24) is 10.3 Å². The minimum absolute atomic E-state index is 0.273. The summed E-state index contributed by atoms with van der Waals surface area (Å²) in [7, 11) is 0. The molecule has 1 aromatic heterocycles. The SMILES string of the molecule is NCC1(c2nc(C3CCNC3)cs2)CC1. The van der Waals surface area contributed by atoms with Crippen LogP contribution in [0.4, 0.5) is 0 Å². The van der Waals surface area contributed by atoms with Gasteiger partial charge in [0, 0.05) is 29.8 Å². The number of rotatable bonds is 3. The molecule has 0 aromatic carbocycles. The molecule has 3 rings (SSSR count). The molecule has 1 aliphatic heterocycles. The third kappa shape index (κ3) is 1.61. The normalized spacial score (nSPS) is 28.2. The molecule has 2 heterocycles. The highest BCUT2D eigenvalue weighted by Crippen LogP contribution is 2.48. The van der Waals surface area contributed by atoms with Crippen LogP contribution in [-0.2, 0) is 5.41 Å². The second kappa shape index (κ2) is 3.54. The first-order valence-corrected chi connectivity index (χ1v) is 6.59. The van der Waals surface area contributed by atoms with Crippen molar-refractivity contribution >= 4 is 11.3 Å². The lowest BCUT2D eigenvalue weighted by Gasteiger charge is -2.08. The fourth-order valence-corrected chi connectivity index (χ4v) is 3.45.